The van der Waals surface area contributed by atoms with E-state index < -0.39 is 16.9 Å². The molecule has 1 atom stereocenters. The summed E-state index contributed by atoms with van der Waals surface area (Å²) in [6.45, 7) is 0. The highest BCUT2D eigenvalue weighted by Crippen LogP contribution is 2.12. The third kappa shape index (κ3) is 2.28. The van der Waals surface area contributed by atoms with E-state index in [0.717, 1.165) is 6.07 Å². The number of hydrogen-bond donors (Lipinski definition) is 1. The third-order valence-corrected chi connectivity index (χ3v) is 1.91. The Hall–Kier alpha value is -0.940. The monoisotopic (exact) mass is 188 g/mol. The lowest BCUT2D eigenvalue weighted by atomic mass is 10.2. The molecule has 0 amide bonds. The summed E-state index contributed by atoms with van der Waals surface area (Å²) in [5, 5.41) is 0. The van der Waals surface area contributed by atoms with E-state index in [1.54, 1.807) is 0 Å². The van der Waals surface area contributed by atoms with Crippen LogP contribution in [0.5, 0.6) is 0 Å². The molecule has 0 aromatic heterocycles. The Morgan fingerprint density at radius 3 is 2.75 bits per heavy atom. The van der Waals surface area contributed by atoms with Crippen molar-refractivity contribution in [3.63, 3.8) is 0 Å². The fraction of sp³-hybridized carbons (Fsp3) is 0.143. The fourth-order valence-corrected chi connectivity index (χ4v) is 1.27. The van der Waals surface area contributed by atoms with Crippen molar-refractivity contribution in [3.8, 4) is 0 Å². The molecule has 1 aromatic carbocycles. The quantitative estimate of drug-likeness (QED) is 0.551. The van der Waals surface area contributed by atoms with E-state index in [1.807, 2.05) is 0 Å². The highest BCUT2D eigenvalue weighted by atomic mass is 32.2. The summed E-state index contributed by atoms with van der Waals surface area (Å²) in [5.74, 6) is -0.666. The Bertz CT molecular complexity index is 316. The molecule has 0 bridgehead atoms. The van der Waals surface area contributed by atoms with Gasteiger partial charge >= 0.3 is 0 Å². The highest BCUT2D eigenvalue weighted by molar-refractivity contribution is 7.78. The first-order valence-corrected chi connectivity index (χ1v) is 4.44. The molecule has 0 aliphatic carbocycles. The zero-order valence-corrected chi connectivity index (χ0v) is 6.94. The van der Waals surface area contributed by atoms with E-state index in [0.29, 0.717) is 5.56 Å². The van der Waals surface area contributed by atoms with Crippen molar-refractivity contribution in [1.82, 2.24) is 0 Å². The lowest BCUT2D eigenvalue weighted by Crippen LogP contribution is -1.96. The van der Waals surface area contributed by atoms with Crippen LogP contribution in [-0.2, 0) is 16.8 Å². The molecule has 1 unspecified atom stereocenters. The number of anilines is 1. The Morgan fingerprint density at radius 1 is 1.58 bits per heavy atom. The average molecular weight is 188 g/mol. The van der Waals surface area contributed by atoms with Crippen LogP contribution in [0, 0.1) is 5.82 Å². The van der Waals surface area contributed by atoms with E-state index in [-0.39, 0.29) is 11.4 Å². The van der Waals surface area contributed by atoms with Crippen LogP contribution in [0.2, 0.25) is 0 Å². The van der Waals surface area contributed by atoms with Gasteiger partial charge in [0.05, 0.1) is 5.69 Å². The van der Waals surface area contributed by atoms with Crippen LogP contribution in [0.1, 0.15) is 5.56 Å². The number of hydrogen-bond acceptors (Lipinski definition) is 3. The van der Waals surface area contributed by atoms with Gasteiger partial charge in [0.15, 0.2) is 0 Å². The van der Waals surface area contributed by atoms with Crippen molar-refractivity contribution in [2.24, 2.45) is 0 Å². The van der Waals surface area contributed by atoms with E-state index in [1.165, 1.54) is 12.1 Å². The summed E-state index contributed by atoms with van der Waals surface area (Å²) < 4.78 is 33.0. The molecule has 12 heavy (non-hydrogen) atoms. The first-order chi connectivity index (χ1) is 5.59. The molecule has 0 aliphatic rings. The standard InChI is InChI=1S/C7H8FNO2S/c8-6-2-1-5(3-7(6)9)4-12(10)11/h1-3H,4,9H2,(H,10,11)/p-1. The second-order valence-electron chi connectivity index (χ2n) is 2.30. The molecule has 0 saturated carbocycles. The van der Waals surface area contributed by atoms with Gasteiger partial charge < -0.3 is 10.3 Å². The second-order valence-corrected chi connectivity index (χ2v) is 3.20. The molecule has 1 aromatic rings. The predicted molar refractivity (Wildman–Crippen MR) is 43.4 cm³/mol. The third-order valence-electron chi connectivity index (χ3n) is 1.34. The first-order valence-electron chi connectivity index (χ1n) is 3.19. The topological polar surface area (TPSA) is 66.2 Å². The number of nitrogen functional groups attached to an aromatic ring is 1. The second kappa shape index (κ2) is 3.64. The van der Waals surface area contributed by atoms with Gasteiger partial charge in [0.1, 0.15) is 5.82 Å². The first kappa shape index (κ1) is 9.15. The Labute approximate surface area is 71.7 Å². The molecule has 0 fully saturated rings. The van der Waals surface area contributed by atoms with Gasteiger partial charge in [-0.2, -0.15) is 0 Å². The van der Waals surface area contributed by atoms with E-state index >= 15 is 0 Å². The molecular weight excluding hydrogens is 181 g/mol. The van der Waals surface area contributed by atoms with Crippen molar-refractivity contribution in [2.75, 3.05) is 5.73 Å². The van der Waals surface area contributed by atoms with Crippen LogP contribution < -0.4 is 5.73 Å². The van der Waals surface area contributed by atoms with Crippen molar-refractivity contribution in [3.05, 3.63) is 29.6 Å². The molecule has 0 radical (unpaired) electrons. The fourth-order valence-electron chi connectivity index (χ4n) is 0.819. The highest BCUT2D eigenvalue weighted by Gasteiger charge is 1.98. The molecule has 0 spiro atoms. The normalized spacial score (nSPS) is 12.8. The number of rotatable bonds is 2. The minimum Gasteiger partial charge on any atom is -0.772 e. The van der Waals surface area contributed by atoms with Gasteiger partial charge in [0, 0.05) is 5.75 Å². The minimum atomic E-state index is -2.16. The average Bonchev–Trinajstić information content (AvgIpc) is 1.96. The van der Waals surface area contributed by atoms with Gasteiger partial charge in [0.2, 0.25) is 0 Å². The summed E-state index contributed by atoms with van der Waals surface area (Å²) in [6, 6.07) is 3.85. The van der Waals surface area contributed by atoms with Gasteiger partial charge in [-0.25, -0.2) is 4.39 Å². The van der Waals surface area contributed by atoms with Crippen LogP contribution in [0.25, 0.3) is 0 Å². The summed E-state index contributed by atoms with van der Waals surface area (Å²) >= 11 is -2.16. The van der Waals surface area contributed by atoms with Crippen LogP contribution in [0.4, 0.5) is 10.1 Å². The van der Waals surface area contributed by atoms with Crippen molar-refractivity contribution in [1.29, 1.82) is 0 Å². The molecule has 3 nitrogen and oxygen atoms in total. The van der Waals surface area contributed by atoms with Crippen molar-refractivity contribution in [2.45, 2.75) is 5.75 Å². The smallest absolute Gasteiger partial charge is 0.146 e. The molecule has 5 heteroatoms. The Balaban J connectivity index is 2.89. The van der Waals surface area contributed by atoms with E-state index in [4.69, 9.17) is 5.73 Å². The summed E-state index contributed by atoms with van der Waals surface area (Å²) in [5.41, 5.74) is 5.68. The van der Waals surface area contributed by atoms with Crippen molar-refractivity contribution >= 4 is 16.8 Å². The summed E-state index contributed by atoms with van der Waals surface area (Å²) in [4.78, 5) is 0. The predicted octanol–water partition coefficient (Wildman–Crippen LogP) is 0.787. The van der Waals surface area contributed by atoms with Gasteiger partial charge in [-0.05, 0) is 17.7 Å². The minimum absolute atomic E-state index is 0.0297. The van der Waals surface area contributed by atoms with E-state index in [2.05, 4.69) is 0 Å². The molecule has 0 aliphatic heterocycles. The number of nitrogens with two attached hydrogens (primary N) is 1. The maximum absolute atomic E-state index is 12.6. The summed E-state index contributed by atoms with van der Waals surface area (Å²) in [7, 11) is 0. The Morgan fingerprint density at radius 2 is 2.25 bits per heavy atom. The van der Waals surface area contributed by atoms with Crippen LogP contribution in [0.15, 0.2) is 18.2 Å². The number of benzene rings is 1. The van der Waals surface area contributed by atoms with Gasteiger partial charge in [-0.3, -0.25) is 4.21 Å². The number of halogens is 1. The zero-order chi connectivity index (χ0) is 9.14. The lowest BCUT2D eigenvalue weighted by Gasteiger charge is -2.05. The molecule has 0 heterocycles. The molecule has 2 N–H and O–H groups in total. The maximum Gasteiger partial charge on any atom is 0.146 e. The Kier molecular flexibility index (Phi) is 2.78. The lowest BCUT2D eigenvalue weighted by molar-refractivity contribution is 0.536. The van der Waals surface area contributed by atoms with Gasteiger partial charge in [0.25, 0.3) is 0 Å². The molecule has 66 valence electrons. The van der Waals surface area contributed by atoms with Crippen LogP contribution >= 0.6 is 0 Å². The molecule has 0 saturated heterocycles. The largest absolute Gasteiger partial charge is 0.772 e. The van der Waals surface area contributed by atoms with Crippen LogP contribution in [-0.4, -0.2) is 8.76 Å². The van der Waals surface area contributed by atoms with E-state index in [9.17, 15) is 13.2 Å². The SMILES string of the molecule is Nc1cc(CS(=O)[O-])ccc1F. The molecular formula is C7H7FNO2S-. The molecule has 1 rings (SSSR count). The van der Waals surface area contributed by atoms with Crippen molar-refractivity contribution < 1.29 is 13.2 Å². The maximum atomic E-state index is 12.6. The zero-order valence-electron chi connectivity index (χ0n) is 6.12. The van der Waals surface area contributed by atoms with Gasteiger partial charge in [-0.15, -0.1) is 0 Å². The van der Waals surface area contributed by atoms with Crippen LogP contribution in [0.3, 0.4) is 0 Å². The summed E-state index contributed by atoms with van der Waals surface area (Å²) in [6.07, 6.45) is 0. The van der Waals surface area contributed by atoms with Gasteiger partial charge in [-0.1, -0.05) is 17.1 Å².